The summed E-state index contributed by atoms with van der Waals surface area (Å²) in [5.41, 5.74) is 1.12. The normalized spacial score (nSPS) is 18.2. The third-order valence-corrected chi connectivity index (χ3v) is 4.07. The van der Waals surface area contributed by atoms with Crippen LogP contribution in [0.15, 0.2) is 24.3 Å². The van der Waals surface area contributed by atoms with Crippen molar-refractivity contribution in [2.45, 2.75) is 38.4 Å². The molecule has 0 saturated carbocycles. The molecule has 1 aliphatic rings. The molecule has 2 rings (SSSR count). The van der Waals surface area contributed by atoms with E-state index in [0.29, 0.717) is 13.0 Å². The van der Waals surface area contributed by atoms with E-state index in [2.05, 4.69) is 5.32 Å². The van der Waals surface area contributed by atoms with E-state index in [-0.39, 0.29) is 11.9 Å². The Morgan fingerprint density at radius 3 is 2.50 bits per heavy atom. The highest BCUT2D eigenvalue weighted by molar-refractivity contribution is 5.89. The molecule has 0 saturated heterocycles. The molecule has 0 unspecified atom stereocenters. The summed E-state index contributed by atoms with van der Waals surface area (Å²) in [6.45, 7) is 3.70. The summed E-state index contributed by atoms with van der Waals surface area (Å²) in [4.78, 5) is 25.0. The molecular formula is C15H20N2O3. The molecule has 1 heterocycles. The molecular weight excluding hydrogens is 256 g/mol. The average molecular weight is 276 g/mol. The summed E-state index contributed by atoms with van der Waals surface area (Å²) in [6, 6.07) is 7.61. The molecule has 20 heavy (non-hydrogen) atoms. The molecule has 1 atom stereocenters. The van der Waals surface area contributed by atoms with Crippen LogP contribution in [0.1, 0.15) is 25.0 Å². The van der Waals surface area contributed by atoms with Gasteiger partial charge in [0.1, 0.15) is 5.54 Å². The predicted octanol–water partition coefficient (Wildman–Crippen LogP) is 1.02. The van der Waals surface area contributed by atoms with Gasteiger partial charge in [0, 0.05) is 13.6 Å². The highest BCUT2D eigenvalue weighted by atomic mass is 16.4. The fourth-order valence-corrected chi connectivity index (χ4v) is 2.28. The number of rotatable bonds is 3. The number of nitrogens with one attached hydrogen (secondary N) is 1. The maximum atomic E-state index is 12.5. The minimum atomic E-state index is -1.21. The highest BCUT2D eigenvalue weighted by Gasteiger charge is 2.38. The third-order valence-electron chi connectivity index (χ3n) is 4.07. The smallest absolute Gasteiger partial charge is 0.329 e. The number of carbonyl (C=O) groups excluding carboxylic acids is 1. The van der Waals surface area contributed by atoms with Gasteiger partial charge in [0.25, 0.3) is 0 Å². The summed E-state index contributed by atoms with van der Waals surface area (Å²) < 4.78 is 0. The number of aliphatic carboxylic acids is 1. The minimum absolute atomic E-state index is 0.188. The van der Waals surface area contributed by atoms with E-state index in [4.69, 9.17) is 0 Å². The second-order valence-electron chi connectivity index (χ2n) is 5.67. The van der Waals surface area contributed by atoms with E-state index in [0.717, 1.165) is 5.56 Å². The van der Waals surface area contributed by atoms with Crippen molar-refractivity contribution in [2.75, 3.05) is 7.05 Å². The van der Waals surface area contributed by atoms with Crippen molar-refractivity contribution in [3.8, 4) is 0 Å². The Kier molecular flexibility index (Phi) is 3.81. The van der Waals surface area contributed by atoms with Gasteiger partial charge in [-0.1, -0.05) is 24.3 Å². The molecule has 1 aliphatic heterocycles. The van der Waals surface area contributed by atoms with Crippen LogP contribution >= 0.6 is 0 Å². The molecule has 1 aromatic rings. The molecule has 108 valence electrons. The van der Waals surface area contributed by atoms with Gasteiger partial charge in [-0.25, -0.2) is 4.79 Å². The quantitative estimate of drug-likeness (QED) is 0.865. The van der Waals surface area contributed by atoms with Gasteiger partial charge in [0.15, 0.2) is 0 Å². The third kappa shape index (κ3) is 2.54. The van der Waals surface area contributed by atoms with Gasteiger partial charge < -0.3 is 15.3 Å². The number of amides is 1. The minimum Gasteiger partial charge on any atom is -0.480 e. The van der Waals surface area contributed by atoms with Crippen LogP contribution in [0.2, 0.25) is 0 Å². The number of hydrogen-bond acceptors (Lipinski definition) is 3. The number of likely N-dealkylation sites (N-methyl/N-ethyl adjacent to an activating group) is 1. The molecule has 1 aromatic carbocycles. The van der Waals surface area contributed by atoms with Crippen LogP contribution < -0.4 is 5.32 Å². The second-order valence-corrected chi connectivity index (χ2v) is 5.67. The number of nitrogens with zero attached hydrogens (tertiary/aromatic N) is 1. The first-order chi connectivity index (χ1) is 9.34. The van der Waals surface area contributed by atoms with Gasteiger partial charge in [-0.2, -0.15) is 0 Å². The zero-order valence-electron chi connectivity index (χ0n) is 12.0. The van der Waals surface area contributed by atoms with Crippen LogP contribution in [0.5, 0.6) is 0 Å². The van der Waals surface area contributed by atoms with Gasteiger partial charge in [0.05, 0.1) is 6.04 Å². The van der Waals surface area contributed by atoms with Gasteiger partial charge in [-0.05, 0) is 31.4 Å². The maximum Gasteiger partial charge on any atom is 0.329 e. The van der Waals surface area contributed by atoms with Gasteiger partial charge in [-0.15, -0.1) is 0 Å². The number of carbonyl (C=O) groups is 2. The molecule has 0 radical (unpaired) electrons. The van der Waals surface area contributed by atoms with Crippen molar-refractivity contribution in [3.63, 3.8) is 0 Å². The lowest BCUT2D eigenvalue weighted by Crippen LogP contribution is -2.57. The Bertz CT molecular complexity index is 540. The molecule has 0 aromatic heterocycles. The summed E-state index contributed by atoms with van der Waals surface area (Å²) in [6.07, 6.45) is 0.592. The molecule has 0 fully saturated rings. The van der Waals surface area contributed by atoms with Crippen LogP contribution in [-0.2, 0) is 22.6 Å². The fourth-order valence-electron chi connectivity index (χ4n) is 2.28. The molecule has 5 nitrogen and oxygen atoms in total. The standard InChI is InChI=1S/C15H20N2O3/c1-15(2,14(19)20)17(3)13(18)12-8-10-6-4-5-7-11(10)9-16-12/h4-7,12,16H,8-9H2,1-3H3,(H,19,20)/t12-/m1/s1. The van der Waals surface area contributed by atoms with E-state index in [9.17, 15) is 14.7 Å². The second kappa shape index (κ2) is 5.25. The van der Waals surface area contributed by atoms with Crippen molar-refractivity contribution in [2.24, 2.45) is 0 Å². The Hall–Kier alpha value is -1.88. The van der Waals surface area contributed by atoms with Crippen molar-refractivity contribution in [3.05, 3.63) is 35.4 Å². The number of benzene rings is 1. The zero-order chi connectivity index (χ0) is 14.9. The molecule has 0 spiro atoms. The van der Waals surface area contributed by atoms with E-state index in [1.807, 2.05) is 24.3 Å². The summed E-state index contributed by atoms with van der Waals surface area (Å²) >= 11 is 0. The number of fused-ring (bicyclic) bond motifs is 1. The monoisotopic (exact) mass is 276 g/mol. The van der Waals surface area contributed by atoms with Gasteiger partial charge in [0.2, 0.25) is 5.91 Å². The first-order valence-electron chi connectivity index (χ1n) is 6.65. The van der Waals surface area contributed by atoms with Crippen LogP contribution in [0.4, 0.5) is 0 Å². The lowest BCUT2D eigenvalue weighted by molar-refractivity contribution is -0.156. The van der Waals surface area contributed by atoms with Gasteiger partial charge in [-0.3, -0.25) is 4.79 Å². The van der Waals surface area contributed by atoms with Crippen LogP contribution in [-0.4, -0.2) is 40.5 Å². The number of carboxylic acid groups (broad SMARTS) is 1. The highest BCUT2D eigenvalue weighted by Crippen LogP contribution is 2.20. The van der Waals surface area contributed by atoms with Crippen molar-refractivity contribution in [1.29, 1.82) is 0 Å². The van der Waals surface area contributed by atoms with E-state index in [1.54, 1.807) is 7.05 Å². The first-order valence-corrected chi connectivity index (χ1v) is 6.65. The maximum absolute atomic E-state index is 12.5. The van der Waals surface area contributed by atoms with Crippen LogP contribution in [0, 0.1) is 0 Å². The van der Waals surface area contributed by atoms with Crippen LogP contribution in [0.3, 0.4) is 0 Å². The Morgan fingerprint density at radius 2 is 1.90 bits per heavy atom. The van der Waals surface area contributed by atoms with E-state index < -0.39 is 11.5 Å². The van der Waals surface area contributed by atoms with Crippen LogP contribution in [0.25, 0.3) is 0 Å². The van der Waals surface area contributed by atoms with E-state index >= 15 is 0 Å². The summed E-state index contributed by atoms with van der Waals surface area (Å²) in [7, 11) is 1.54. The van der Waals surface area contributed by atoms with Crippen molar-refractivity contribution < 1.29 is 14.7 Å². The van der Waals surface area contributed by atoms with Gasteiger partial charge >= 0.3 is 5.97 Å². The predicted molar refractivity (Wildman–Crippen MR) is 75.3 cm³/mol. The lowest BCUT2D eigenvalue weighted by Gasteiger charge is -2.36. The molecule has 0 bridgehead atoms. The van der Waals surface area contributed by atoms with E-state index in [1.165, 1.54) is 24.3 Å². The molecule has 1 amide bonds. The van der Waals surface area contributed by atoms with Crippen molar-refractivity contribution in [1.82, 2.24) is 10.2 Å². The summed E-state index contributed by atoms with van der Waals surface area (Å²) in [5.74, 6) is -1.20. The fraction of sp³-hybridized carbons (Fsp3) is 0.467. The topological polar surface area (TPSA) is 69.6 Å². The molecule has 2 N–H and O–H groups in total. The number of hydrogen-bond donors (Lipinski definition) is 2. The zero-order valence-corrected chi connectivity index (χ0v) is 12.0. The lowest BCUT2D eigenvalue weighted by atomic mass is 9.94. The summed E-state index contributed by atoms with van der Waals surface area (Å²) in [5, 5.41) is 12.4. The molecule has 0 aliphatic carbocycles. The Balaban J connectivity index is 2.14. The largest absolute Gasteiger partial charge is 0.480 e. The number of carboxylic acids is 1. The Morgan fingerprint density at radius 1 is 1.30 bits per heavy atom. The van der Waals surface area contributed by atoms with Crippen molar-refractivity contribution >= 4 is 11.9 Å². The average Bonchev–Trinajstić information content (AvgIpc) is 2.44. The Labute approximate surface area is 118 Å². The molecule has 5 heteroatoms. The SMILES string of the molecule is CN(C(=O)[C@H]1Cc2ccccc2CN1)C(C)(C)C(=O)O. The first kappa shape index (κ1) is 14.5.